The number of benzene rings is 2. The summed E-state index contributed by atoms with van der Waals surface area (Å²) in [6, 6.07) is 19.9. The molecule has 0 amide bonds. The van der Waals surface area contributed by atoms with E-state index in [1.165, 1.54) is 0 Å². The fourth-order valence-corrected chi connectivity index (χ4v) is 3.49. The van der Waals surface area contributed by atoms with Crippen LogP contribution in [0.1, 0.15) is 36.8 Å². The van der Waals surface area contributed by atoms with Gasteiger partial charge in [0.1, 0.15) is 17.4 Å². The van der Waals surface area contributed by atoms with Crippen molar-refractivity contribution in [3.8, 4) is 29.0 Å². The molecule has 146 valence electrons. The van der Waals surface area contributed by atoms with Gasteiger partial charge in [0.2, 0.25) is 11.8 Å². The van der Waals surface area contributed by atoms with Crippen LogP contribution in [0.25, 0.3) is 11.3 Å². The Morgan fingerprint density at radius 2 is 1.93 bits per heavy atom. The fraction of sp³-hybridized carbons (Fsp3) is 0.217. The summed E-state index contributed by atoms with van der Waals surface area (Å²) in [5, 5.41) is 17.1. The Bertz CT molecular complexity index is 1060. The van der Waals surface area contributed by atoms with Crippen molar-refractivity contribution in [1.82, 2.24) is 10.2 Å². The van der Waals surface area contributed by atoms with Crippen molar-refractivity contribution in [2.75, 3.05) is 6.61 Å². The molecular weight excluding hydrogens is 364 g/mol. The highest BCUT2D eigenvalue weighted by atomic mass is 16.5. The number of hydrogen-bond donors (Lipinski definition) is 2. The Balaban J connectivity index is 1.76. The third-order valence-corrected chi connectivity index (χ3v) is 4.98. The van der Waals surface area contributed by atoms with E-state index < -0.39 is 0 Å². The number of nitrogens with two attached hydrogens (primary N) is 1. The molecule has 0 unspecified atom stereocenters. The Morgan fingerprint density at radius 1 is 1.17 bits per heavy atom. The van der Waals surface area contributed by atoms with Crippen molar-refractivity contribution in [2.24, 2.45) is 5.73 Å². The number of ether oxygens (including phenoxy) is 2. The number of rotatable bonds is 6. The number of allylic oxidation sites excluding steroid dienone is 1. The third kappa shape index (κ3) is 3.55. The topological polar surface area (TPSA) is 96.9 Å². The average molecular weight is 386 g/mol. The van der Waals surface area contributed by atoms with E-state index in [0.717, 1.165) is 41.0 Å². The van der Waals surface area contributed by atoms with Gasteiger partial charge in [-0.1, -0.05) is 55.8 Å². The number of unbranched alkanes of at least 4 members (excludes halogenated alkanes) is 1. The second kappa shape index (κ2) is 8.11. The SMILES string of the molecule is CCCCOc1ccc([C@@H]2C(C#N)=C(N)Oc3n[nH]c(-c4ccccc4)c32)cc1. The minimum absolute atomic E-state index is 0.0828. The maximum Gasteiger partial charge on any atom is 0.244 e. The summed E-state index contributed by atoms with van der Waals surface area (Å²) in [5.74, 6) is 0.913. The normalized spacial score (nSPS) is 15.4. The zero-order valence-corrected chi connectivity index (χ0v) is 16.2. The second-order valence-electron chi connectivity index (χ2n) is 6.88. The lowest BCUT2D eigenvalue weighted by atomic mass is 9.83. The first-order valence-electron chi connectivity index (χ1n) is 9.67. The summed E-state index contributed by atoms with van der Waals surface area (Å²) in [6.07, 6.45) is 2.10. The van der Waals surface area contributed by atoms with Crippen molar-refractivity contribution in [3.63, 3.8) is 0 Å². The van der Waals surface area contributed by atoms with E-state index >= 15 is 0 Å². The van der Waals surface area contributed by atoms with E-state index in [1.807, 2.05) is 54.6 Å². The number of hydrogen-bond acceptors (Lipinski definition) is 5. The summed E-state index contributed by atoms with van der Waals surface area (Å²) < 4.78 is 11.4. The quantitative estimate of drug-likeness (QED) is 0.609. The summed E-state index contributed by atoms with van der Waals surface area (Å²) in [7, 11) is 0. The molecule has 29 heavy (non-hydrogen) atoms. The first kappa shape index (κ1) is 18.6. The zero-order valence-electron chi connectivity index (χ0n) is 16.2. The number of nitrogens with one attached hydrogen (secondary N) is 1. The standard InChI is InChI=1S/C23H22N4O2/c1-2-3-13-28-17-11-9-15(10-12-17)19-18(14-24)22(25)29-23-20(19)21(26-27-23)16-7-5-4-6-8-16/h4-12,19H,2-3,13,25H2,1H3,(H,26,27)/t19-/m1/s1. The molecule has 0 saturated carbocycles. The maximum atomic E-state index is 9.79. The molecule has 0 bridgehead atoms. The maximum absolute atomic E-state index is 9.79. The van der Waals surface area contributed by atoms with Gasteiger partial charge in [-0.2, -0.15) is 5.26 Å². The molecule has 0 spiro atoms. The van der Waals surface area contributed by atoms with Gasteiger partial charge in [-0.05, 0) is 29.7 Å². The molecule has 6 heteroatoms. The van der Waals surface area contributed by atoms with Crippen LogP contribution in [0.3, 0.4) is 0 Å². The van der Waals surface area contributed by atoms with Crippen molar-refractivity contribution >= 4 is 0 Å². The van der Waals surface area contributed by atoms with Gasteiger partial charge in [-0.3, -0.25) is 5.10 Å². The Hall–Kier alpha value is -3.72. The molecule has 3 N–H and O–H groups in total. The zero-order chi connectivity index (χ0) is 20.2. The van der Waals surface area contributed by atoms with Gasteiger partial charge in [0, 0.05) is 0 Å². The molecule has 2 aromatic carbocycles. The summed E-state index contributed by atoms with van der Waals surface area (Å²) in [6.45, 7) is 2.82. The van der Waals surface area contributed by atoms with E-state index in [9.17, 15) is 5.26 Å². The molecule has 0 saturated heterocycles. The molecule has 0 radical (unpaired) electrons. The van der Waals surface area contributed by atoms with Crippen LogP contribution < -0.4 is 15.2 Å². The predicted molar refractivity (Wildman–Crippen MR) is 110 cm³/mol. The van der Waals surface area contributed by atoms with Crippen LogP contribution in [0, 0.1) is 11.3 Å². The molecule has 6 nitrogen and oxygen atoms in total. The number of nitrogens with zero attached hydrogens (tertiary/aromatic N) is 2. The van der Waals surface area contributed by atoms with Gasteiger partial charge in [0.15, 0.2) is 0 Å². The van der Waals surface area contributed by atoms with Gasteiger partial charge in [-0.25, -0.2) is 0 Å². The third-order valence-electron chi connectivity index (χ3n) is 4.98. The highest BCUT2D eigenvalue weighted by molar-refractivity contribution is 5.70. The number of fused-ring (bicyclic) bond motifs is 1. The monoisotopic (exact) mass is 386 g/mol. The predicted octanol–water partition coefficient (Wildman–Crippen LogP) is 4.47. The lowest BCUT2D eigenvalue weighted by Gasteiger charge is -2.24. The number of nitriles is 1. The van der Waals surface area contributed by atoms with E-state index in [0.29, 0.717) is 18.1 Å². The molecule has 1 aliphatic rings. The van der Waals surface area contributed by atoms with E-state index in [1.54, 1.807) is 0 Å². The largest absolute Gasteiger partial charge is 0.494 e. The van der Waals surface area contributed by atoms with Crippen molar-refractivity contribution in [3.05, 3.63) is 77.2 Å². The minimum atomic E-state index is -0.373. The molecular formula is C23H22N4O2. The minimum Gasteiger partial charge on any atom is -0.494 e. The highest BCUT2D eigenvalue weighted by Crippen LogP contribution is 2.45. The lowest BCUT2D eigenvalue weighted by molar-refractivity contribution is 0.309. The lowest BCUT2D eigenvalue weighted by Crippen LogP contribution is -2.21. The van der Waals surface area contributed by atoms with Crippen LogP contribution >= 0.6 is 0 Å². The van der Waals surface area contributed by atoms with Gasteiger partial charge in [-0.15, -0.1) is 5.10 Å². The van der Waals surface area contributed by atoms with Crippen molar-refractivity contribution < 1.29 is 9.47 Å². The molecule has 1 aromatic heterocycles. The van der Waals surface area contributed by atoms with E-state index in [4.69, 9.17) is 15.2 Å². The van der Waals surface area contributed by atoms with Gasteiger partial charge in [0.05, 0.1) is 23.8 Å². The van der Waals surface area contributed by atoms with Gasteiger partial charge in [0.25, 0.3) is 0 Å². The van der Waals surface area contributed by atoms with Crippen LogP contribution in [0.5, 0.6) is 11.6 Å². The first-order chi connectivity index (χ1) is 14.2. The molecule has 4 rings (SSSR count). The number of aromatic nitrogens is 2. The van der Waals surface area contributed by atoms with Crippen LogP contribution in [-0.2, 0) is 0 Å². The van der Waals surface area contributed by atoms with Crippen molar-refractivity contribution in [2.45, 2.75) is 25.7 Å². The van der Waals surface area contributed by atoms with Crippen LogP contribution in [0.2, 0.25) is 0 Å². The van der Waals surface area contributed by atoms with Gasteiger partial charge >= 0.3 is 0 Å². The second-order valence-corrected chi connectivity index (χ2v) is 6.88. The smallest absolute Gasteiger partial charge is 0.244 e. The van der Waals surface area contributed by atoms with E-state index in [-0.39, 0.29) is 11.8 Å². The molecule has 1 aliphatic heterocycles. The molecule has 2 heterocycles. The Morgan fingerprint density at radius 3 is 2.62 bits per heavy atom. The van der Waals surface area contributed by atoms with E-state index in [2.05, 4.69) is 23.2 Å². The Labute approximate surface area is 169 Å². The highest BCUT2D eigenvalue weighted by Gasteiger charge is 2.35. The Kier molecular flexibility index (Phi) is 5.21. The summed E-state index contributed by atoms with van der Waals surface area (Å²) in [5.41, 5.74) is 9.93. The van der Waals surface area contributed by atoms with Crippen molar-refractivity contribution in [1.29, 1.82) is 5.26 Å². The number of aromatic amines is 1. The molecule has 1 atom stereocenters. The molecule has 3 aromatic rings. The summed E-state index contributed by atoms with van der Waals surface area (Å²) >= 11 is 0. The van der Waals surface area contributed by atoms with Gasteiger partial charge < -0.3 is 15.2 Å². The first-order valence-corrected chi connectivity index (χ1v) is 9.67. The molecule has 0 aliphatic carbocycles. The summed E-state index contributed by atoms with van der Waals surface area (Å²) in [4.78, 5) is 0. The van der Waals surface area contributed by atoms with Crippen LogP contribution in [0.4, 0.5) is 0 Å². The number of H-pyrrole nitrogens is 1. The van der Waals surface area contributed by atoms with Crippen LogP contribution in [0.15, 0.2) is 66.1 Å². The fourth-order valence-electron chi connectivity index (χ4n) is 3.49. The average Bonchev–Trinajstić information content (AvgIpc) is 3.17. The molecule has 0 fully saturated rings. The van der Waals surface area contributed by atoms with Crippen LogP contribution in [-0.4, -0.2) is 16.8 Å².